The molecule has 5 saturated heterocycles. The molecule has 2 unspecified atom stereocenters. The summed E-state index contributed by atoms with van der Waals surface area (Å²) >= 11 is 0. The number of hydrogen-bond donors (Lipinski definition) is 1. The summed E-state index contributed by atoms with van der Waals surface area (Å²) in [5, 5.41) is 3.57. The number of rotatable bonds is 14. The van der Waals surface area contributed by atoms with Gasteiger partial charge in [0.15, 0.2) is 12.6 Å². The third-order valence-electron chi connectivity index (χ3n) is 17.9. The Hall–Kier alpha value is -7.21. The van der Waals surface area contributed by atoms with E-state index < -0.39 is 23.3 Å². The molecule has 1 saturated carbocycles. The van der Waals surface area contributed by atoms with Crippen LogP contribution < -0.4 is 24.6 Å². The Balaban J connectivity index is 0.721. The number of methoxy groups -OCH3 is 1. The number of terminal acetylenes is 1. The highest BCUT2D eigenvalue weighted by Gasteiger charge is 2.46. The summed E-state index contributed by atoms with van der Waals surface area (Å²) in [6.07, 6.45) is 15.6. The number of piperazine rings is 2. The van der Waals surface area contributed by atoms with E-state index in [9.17, 15) is 19.2 Å². The number of nitrogens with one attached hydrogen (secondary N) is 1. The number of amides is 5. The number of pyridine rings is 1. The zero-order valence-corrected chi connectivity index (χ0v) is 48.6. The number of fused-ring (bicyclic) bond motifs is 4. The van der Waals surface area contributed by atoms with E-state index in [1.54, 1.807) is 29.2 Å². The van der Waals surface area contributed by atoms with Crippen LogP contribution in [0.15, 0.2) is 48.7 Å². The lowest BCUT2D eigenvalue weighted by molar-refractivity contribution is -0.120. The van der Waals surface area contributed by atoms with Crippen LogP contribution in [0.2, 0.25) is 0 Å². The van der Waals surface area contributed by atoms with E-state index in [0.717, 1.165) is 83.6 Å². The molecule has 3 atom stereocenters. The van der Waals surface area contributed by atoms with E-state index in [1.165, 1.54) is 45.1 Å². The highest BCUT2D eigenvalue weighted by molar-refractivity contribution is 6.07. The molecule has 83 heavy (non-hydrogen) atoms. The SMILES string of the molecule is C#Cc1c(F)ccc2cc(OCOC)cc(-c3ncc4c(N5CC6CCC(C5)N6C(=O)OC(C)(C)C)nc(OC[C@H](C)CN5CCN(CC6CCC7(CC6)CCN(C(=O)c6ccc(C)c(N8CCC(=O)NC8=O)c6)CC7)CC5)nc4c3F)c12. The minimum absolute atomic E-state index is 0.00993. The Morgan fingerprint density at radius 3 is 2.30 bits per heavy atom. The quantitative estimate of drug-likeness (QED) is 0.0823. The average Bonchev–Trinajstić information content (AvgIpc) is 2.88. The summed E-state index contributed by atoms with van der Waals surface area (Å²) in [6, 6.07) is 10.9. The number of benzene rings is 3. The van der Waals surface area contributed by atoms with Gasteiger partial charge in [-0.25, -0.2) is 18.4 Å². The number of anilines is 2. The summed E-state index contributed by atoms with van der Waals surface area (Å²) in [5.41, 5.74) is 1.77. The summed E-state index contributed by atoms with van der Waals surface area (Å²) in [4.78, 5) is 78.6. The van der Waals surface area contributed by atoms with Gasteiger partial charge in [-0.3, -0.25) is 29.7 Å². The molecule has 3 aromatic carbocycles. The molecule has 6 fully saturated rings. The number of hydrogen-bond acceptors (Lipinski definition) is 14. The molecule has 18 nitrogen and oxygen atoms in total. The number of imide groups is 1. The van der Waals surface area contributed by atoms with Crippen LogP contribution in [0.1, 0.15) is 107 Å². The van der Waals surface area contributed by atoms with Gasteiger partial charge in [-0.05, 0) is 132 Å². The molecule has 1 spiro atoms. The van der Waals surface area contributed by atoms with Crippen molar-refractivity contribution in [2.75, 3.05) is 102 Å². The van der Waals surface area contributed by atoms with Crippen LogP contribution in [0.5, 0.6) is 11.8 Å². The van der Waals surface area contributed by atoms with Crippen molar-refractivity contribution in [1.29, 1.82) is 0 Å². The summed E-state index contributed by atoms with van der Waals surface area (Å²) < 4.78 is 56.2. The number of likely N-dealkylation sites (tertiary alicyclic amines) is 1. The molecule has 0 radical (unpaired) electrons. The molecular weight excluding hydrogens is 1060 g/mol. The fourth-order valence-corrected chi connectivity index (χ4v) is 13.6. The van der Waals surface area contributed by atoms with Gasteiger partial charge in [0.25, 0.3) is 5.91 Å². The van der Waals surface area contributed by atoms with Crippen molar-refractivity contribution in [3.8, 4) is 35.4 Å². The van der Waals surface area contributed by atoms with Crippen molar-refractivity contribution < 1.29 is 46.9 Å². The zero-order chi connectivity index (χ0) is 58.3. The first-order valence-corrected chi connectivity index (χ1v) is 29.4. The molecule has 20 heteroatoms. The molecule has 2 aromatic heterocycles. The van der Waals surface area contributed by atoms with Crippen molar-refractivity contribution in [3.05, 3.63) is 77.0 Å². The Kier molecular flexibility index (Phi) is 16.5. The summed E-state index contributed by atoms with van der Waals surface area (Å²) in [6.45, 7) is 18.1. The van der Waals surface area contributed by atoms with Crippen molar-refractivity contribution in [2.45, 2.75) is 110 Å². The van der Waals surface area contributed by atoms with E-state index in [1.807, 2.05) is 49.6 Å². The van der Waals surface area contributed by atoms with Gasteiger partial charge in [0, 0.05) is 120 Å². The number of aromatic nitrogens is 3. The lowest BCUT2D eigenvalue weighted by atomic mass is 9.65. The topological polar surface area (TPSA) is 175 Å². The van der Waals surface area contributed by atoms with E-state index in [-0.39, 0.29) is 96.0 Å². The first-order chi connectivity index (χ1) is 39.9. The van der Waals surface area contributed by atoms with Crippen LogP contribution in [-0.4, -0.2) is 169 Å². The van der Waals surface area contributed by atoms with Gasteiger partial charge in [0.05, 0.1) is 29.6 Å². The fourth-order valence-electron chi connectivity index (χ4n) is 13.6. The number of urea groups is 1. The number of aryl methyl sites for hydroxylation is 1. The standard InChI is InChI=1S/C63H76F2N10O8/c1-8-47-50(64)14-11-42-29-46(82-38-80-7)31-48(53(42)47)55-54(65)56-49(32-66-55)57(73-35-44-12-13-45(36-73)75(44)61(79)83-62(4,5)6)69-59(68-56)81-37-39(2)33-70-25-27-71(28-26-70)34-41-15-18-63(19-16-41)20-23-72(24-21-63)58(77)43-10-9-40(3)51(30-43)74-22-17-52(76)67-60(74)78/h1,9-11,14,29-32,39,41,44-45H,12-13,15-28,33-38H2,2-7H3,(H,67,76,78)/t39-,44?,45?/m1/s1. The van der Waals surface area contributed by atoms with Gasteiger partial charge in [-0.2, -0.15) is 9.97 Å². The summed E-state index contributed by atoms with van der Waals surface area (Å²) in [7, 11) is 1.49. The predicted molar refractivity (Wildman–Crippen MR) is 311 cm³/mol. The summed E-state index contributed by atoms with van der Waals surface area (Å²) in [5.74, 6) is 2.28. The maximum absolute atomic E-state index is 17.6. The highest BCUT2D eigenvalue weighted by atomic mass is 19.1. The molecular formula is C63H76F2N10O8. The van der Waals surface area contributed by atoms with Gasteiger partial charge in [-0.15, -0.1) is 6.42 Å². The first kappa shape index (κ1) is 57.6. The molecule has 6 aliphatic rings. The maximum Gasteiger partial charge on any atom is 0.410 e. The van der Waals surface area contributed by atoms with Gasteiger partial charge in [-0.1, -0.05) is 25.0 Å². The van der Waals surface area contributed by atoms with Crippen LogP contribution in [-0.2, 0) is 14.3 Å². The molecule has 2 bridgehead atoms. The van der Waals surface area contributed by atoms with Crippen LogP contribution >= 0.6 is 0 Å². The molecule has 440 valence electrons. The Labute approximate surface area is 484 Å². The second-order valence-corrected chi connectivity index (χ2v) is 24.9. The van der Waals surface area contributed by atoms with E-state index in [4.69, 9.17) is 35.3 Å². The van der Waals surface area contributed by atoms with E-state index in [0.29, 0.717) is 58.0 Å². The second kappa shape index (κ2) is 23.8. The number of carbonyl (C=O) groups excluding carboxylic acids is 4. The molecule has 11 rings (SSSR count). The molecule has 1 aliphatic carbocycles. The maximum atomic E-state index is 17.6. The predicted octanol–water partition coefficient (Wildman–Crippen LogP) is 9.18. The first-order valence-electron chi connectivity index (χ1n) is 29.4. The minimum Gasteiger partial charge on any atom is -0.468 e. The normalized spacial score (nSPS) is 21.1. The van der Waals surface area contributed by atoms with Crippen LogP contribution in [0.3, 0.4) is 0 Å². The van der Waals surface area contributed by atoms with E-state index in [2.05, 4.69) is 37.8 Å². The van der Waals surface area contributed by atoms with Gasteiger partial charge in [0.2, 0.25) is 5.91 Å². The van der Waals surface area contributed by atoms with Crippen molar-refractivity contribution in [3.63, 3.8) is 0 Å². The van der Waals surface area contributed by atoms with E-state index >= 15 is 8.78 Å². The minimum atomic E-state index is -0.764. The number of carbonyl (C=O) groups is 4. The van der Waals surface area contributed by atoms with Crippen LogP contribution in [0.4, 0.5) is 29.9 Å². The fraction of sp³-hybridized carbons (Fsp3) is 0.540. The lowest BCUT2D eigenvalue weighted by Crippen LogP contribution is -2.57. The van der Waals surface area contributed by atoms with Gasteiger partial charge < -0.3 is 38.5 Å². The molecule has 5 amide bonds. The monoisotopic (exact) mass is 1140 g/mol. The van der Waals surface area contributed by atoms with Gasteiger partial charge >= 0.3 is 18.1 Å². The molecule has 1 N–H and O–H groups in total. The zero-order valence-electron chi connectivity index (χ0n) is 48.6. The lowest BCUT2D eigenvalue weighted by Gasteiger charge is -2.47. The molecule has 5 aliphatic heterocycles. The third-order valence-corrected chi connectivity index (χ3v) is 17.9. The number of ether oxygens (including phenoxy) is 4. The Morgan fingerprint density at radius 1 is 0.892 bits per heavy atom. The number of nitrogens with zero attached hydrogens (tertiary/aromatic N) is 9. The molecule has 7 heterocycles. The second-order valence-electron chi connectivity index (χ2n) is 24.9. The van der Waals surface area contributed by atoms with Crippen LogP contribution in [0.25, 0.3) is 32.9 Å². The van der Waals surface area contributed by atoms with Crippen LogP contribution in [0, 0.1) is 48.2 Å². The van der Waals surface area contributed by atoms with Crippen molar-refractivity contribution in [2.24, 2.45) is 17.3 Å². The molecule has 5 aromatic rings. The number of halogens is 2. The Morgan fingerprint density at radius 2 is 1.61 bits per heavy atom. The highest BCUT2D eigenvalue weighted by Crippen LogP contribution is 2.47. The average molecular weight is 1140 g/mol. The smallest absolute Gasteiger partial charge is 0.410 e. The largest absolute Gasteiger partial charge is 0.468 e. The van der Waals surface area contributed by atoms with Gasteiger partial charge in [0.1, 0.15) is 34.2 Å². The van der Waals surface area contributed by atoms with Crippen molar-refractivity contribution in [1.82, 2.24) is 39.9 Å². The third kappa shape index (κ3) is 12.3. The van der Waals surface area contributed by atoms with Crippen molar-refractivity contribution >= 4 is 57.1 Å². The Bertz CT molecular complexity index is 3330. The number of piperidine rings is 1.